The van der Waals surface area contributed by atoms with Crippen LogP contribution in [0, 0.1) is 5.92 Å². The molecule has 2 amide bonds. The lowest BCUT2D eigenvalue weighted by Crippen LogP contribution is -2.36. The Morgan fingerprint density at radius 1 is 0.673 bits per heavy atom. The average molecular weight is 755 g/mol. The number of hydrogen-bond donors (Lipinski definition) is 4. The quantitative estimate of drug-likeness (QED) is 0.0528. The fourth-order valence-electron chi connectivity index (χ4n) is 4.82. The molecule has 0 fully saturated rings. The topological polar surface area (TPSA) is 180 Å². The molecule has 0 saturated heterocycles. The van der Waals surface area contributed by atoms with Gasteiger partial charge in [0.15, 0.2) is 0 Å². The smallest absolute Gasteiger partial charge is 0.376 e. The number of amides is 2. The summed E-state index contributed by atoms with van der Waals surface area (Å²) in [7, 11) is 2.70. The van der Waals surface area contributed by atoms with Gasteiger partial charge in [-0.3, -0.25) is 14.4 Å². The van der Waals surface area contributed by atoms with Crippen molar-refractivity contribution in [1.29, 1.82) is 0 Å². The molecule has 4 N–H and O–H groups in total. The Balaban J connectivity index is 1.53. The van der Waals surface area contributed by atoms with Crippen molar-refractivity contribution in [1.82, 2.24) is 5.43 Å². The number of hydrazine groups is 1. The molecule has 0 unspecified atom stereocenters. The minimum Gasteiger partial charge on any atom is -0.495 e. The Morgan fingerprint density at radius 2 is 1.22 bits per heavy atom. The number of benzene rings is 4. The molecule has 0 aromatic heterocycles. The number of carbonyl (C=O) groups is 5. The zero-order chi connectivity index (χ0) is 40.1. The lowest BCUT2D eigenvalue weighted by Gasteiger charge is -2.19. The van der Waals surface area contributed by atoms with Crippen molar-refractivity contribution >= 4 is 46.6 Å². The van der Waals surface area contributed by atoms with E-state index in [0.717, 1.165) is 5.56 Å². The molecule has 55 heavy (non-hydrogen) atoms. The molecule has 0 atom stereocenters. The van der Waals surface area contributed by atoms with Crippen molar-refractivity contribution in [2.24, 2.45) is 5.92 Å². The molecule has 4 aromatic rings. The number of rotatable bonds is 17. The first-order chi connectivity index (χ1) is 26.2. The molecule has 14 nitrogen and oxygen atoms in total. The van der Waals surface area contributed by atoms with Crippen LogP contribution in [0.5, 0.6) is 17.2 Å². The van der Waals surface area contributed by atoms with Gasteiger partial charge in [-0.05, 0) is 86.8 Å². The first-order valence-corrected chi connectivity index (χ1v) is 17.4. The van der Waals surface area contributed by atoms with Crippen LogP contribution in [0.2, 0.25) is 0 Å². The van der Waals surface area contributed by atoms with Crippen LogP contribution in [0.1, 0.15) is 71.3 Å². The summed E-state index contributed by atoms with van der Waals surface area (Å²) in [6.45, 7) is 9.08. The predicted molar refractivity (Wildman–Crippen MR) is 207 cm³/mol. The van der Waals surface area contributed by atoms with Crippen LogP contribution in [0.25, 0.3) is 0 Å². The van der Waals surface area contributed by atoms with Crippen LogP contribution in [-0.4, -0.2) is 62.5 Å². The van der Waals surface area contributed by atoms with Crippen LogP contribution in [0.3, 0.4) is 0 Å². The van der Waals surface area contributed by atoms with Crippen molar-refractivity contribution in [2.45, 2.75) is 46.8 Å². The maximum Gasteiger partial charge on any atom is 0.376 e. The summed E-state index contributed by atoms with van der Waals surface area (Å²) in [4.78, 5) is 63.5. The van der Waals surface area contributed by atoms with Crippen LogP contribution in [0.4, 0.5) is 17.1 Å². The largest absolute Gasteiger partial charge is 0.495 e. The molecule has 0 bridgehead atoms. The van der Waals surface area contributed by atoms with E-state index in [0.29, 0.717) is 29.4 Å². The zero-order valence-electron chi connectivity index (χ0n) is 31.9. The third-order valence-electron chi connectivity index (χ3n) is 7.51. The van der Waals surface area contributed by atoms with E-state index in [2.05, 4.69) is 21.5 Å². The van der Waals surface area contributed by atoms with Crippen LogP contribution in [0.15, 0.2) is 84.9 Å². The summed E-state index contributed by atoms with van der Waals surface area (Å²) in [6, 6.07) is 23.2. The molecular formula is C41H46N4O10. The standard InChI is InChI=1S/C41H46N4O10/c1-25(2)23-53-36-21-29(39(49)52-7)15-17-31(36)44-38(48)28-13-16-30(35(20-28)54-24-26-11-9-8-10-12-26)43-37(47)27-14-18-32(34(19-27)51-6)45-42-22-33(46)40(50)55-41(3,4)5/h8-21,25,42,45H,22-24H2,1-7H3,(H,43,47)(H,44,48). The highest BCUT2D eigenvalue weighted by molar-refractivity contribution is 6.34. The summed E-state index contributed by atoms with van der Waals surface area (Å²) in [5, 5.41) is 5.70. The lowest BCUT2D eigenvalue weighted by molar-refractivity contribution is -0.162. The summed E-state index contributed by atoms with van der Waals surface area (Å²) in [5.41, 5.74) is 7.29. The lowest BCUT2D eigenvalue weighted by atomic mass is 10.1. The SMILES string of the molecule is COC(=O)c1ccc(NC(=O)c2ccc(NC(=O)c3ccc(NNCC(=O)C(=O)OC(C)(C)C)c(OC)c3)c(OCc3ccccc3)c2)c(OCC(C)C)c1. The van der Waals surface area contributed by atoms with E-state index in [1.54, 1.807) is 39.0 Å². The summed E-state index contributed by atoms with van der Waals surface area (Å²) >= 11 is 0. The molecule has 4 aromatic carbocycles. The zero-order valence-corrected chi connectivity index (χ0v) is 31.9. The van der Waals surface area contributed by atoms with Gasteiger partial charge in [-0.25, -0.2) is 15.0 Å². The molecule has 290 valence electrons. The van der Waals surface area contributed by atoms with Gasteiger partial charge in [0, 0.05) is 11.1 Å². The van der Waals surface area contributed by atoms with E-state index in [4.69, 9.17) is 23.7 Å². The Kier molecular flexibility index (Phi) is 14.3. The van der Waals surface area contributed by atoms with Gasteiger partial charge in [-0.2, -0.15) is 0 Å². The van der Waals surface area contributed by atoms with E-state index in [-0.39, 0.29) is 47.3 Å². The number of ketones is 1. The highest BCUT2D eigenvalue weighted by Gasteiger charge is 2.23. The van der Waals surface area contributed by atoms with Gasteiger partial charge in [0.1, 0.15) is 29.5 Å². The molecule has 0 saturated carbocycles. The fraction of sp³-hybridized carbons (Fsp3) is 0.293. The summed E-state index contributed by atoms with van der Waals surface area (Å²) in [5.74, 6) is -2.29. The molecule has 0 radical (unpaired) electrons. The second kappa shape index (κ2) is 19.1. The van der Waals surface area contributed by atoms with Crippen molar-refractivity contribution in [3.8, 4) is 17.2 Å². The molecule has 14 heteroatoms. The van der Waals surface area contributed by atoms with Crippen molar-refractivity contribution in [3.05, 3.63) is 107 Å². The monoisotopic (exact) mass is 754 g/mol. The minimum atomic E-state index is -0.964. The van der Waals surface area contributed by atoms with E-state index >= 15 is 0 Å². The number of methoxy groups -OCH3 is 2. The maximum absolute atomic E-state index is 13.6. The summed E-state index contributed by atoms with van der Waals surface area (Å²) < 4.78 is 27.4. The van der Waals surface area contributed by atoms with Gasteiger partial charge >= 0.3 is 11.9 Å². The average Bonchev–Trinajstić information content (AvgIpc) is 3.16. The van der Waals surface area contributed by atoms with Gasteiger partial charge in [0.05, 0.1) is 50.0 Å². The van der Waals surface area contributed by atoms with Gasteiger partial charge in [0.25, 0.3) is 17.6 Å². The van der Waals surface area contributed by atoms with Crippen LogP contribution >= 0.6 is 0 Å². The van der Waals surface area contributed by atoms with Gasteiger partial charge in [-0.15, -0.1) is 0 Å². The van der Waals surface area contributed by atoms with Crippen LogP contribution in [-0.2, 0) is 25.7 Å². The molecule has 0 heterocycles. The van der Waals surface area contributed by atoms with Gasteiger partial charge < -0.3 is 39.7 Å². The molecule has 0 aliphatic heterocycles. The third-order valence-corrected chi connectivity index (χ3v) is 7.51. The summed E-state index contributed by atoms with van der Waals surface area (Å²) in [6.07, 6.45) is 0. The van der Waals surface area contributed by atoms with E-state index < -0.39 is 35.1 Å². The fourth-order valence-corrected chi connectivity index (χ4v) is 4.82. The molecule has 0 aliphatic rings. The number of nitrogens with one attached hydrogen (secondary N) is 4. The third kappa shape index (κ3) is 12.3. The Labute approximate surface area is 319 Å². The number of esters is 2. The maximum atomic E-state index is 13.6. The number of carbonyl (C=O) groups excluding carboxylic acids is 5. The second-order valence-electron chi connectivity index (χ2n) is 13.6. The number of anilines is 3. The molecule has 4 rings (SSSR count). The van der Waals surface area contributed by atoms with Crippen molar-refractivity contribution < 1.29 is 47.7 Å². The van der Waals surface area contributed by atoms with Crippen LogP contribution < -0.4 is 35.7 Å². The number of Topliss-reactive ketones (excluding diaryl/α,β-unsaturated/α-hetero) is 1. The van der Waals surface area contributed by atoms with E-state index in [9.17, 15) is 24.0 Å². The van der Waals surface area contributed by atoms with Crippen molar-refractivity contribution in [2.75, 3.05) is 43.4 Å². The highest BCUT2D eigenvalue weighted by Crippen LogP contribution is 2.32. The van der Waals surface area contributed by atoms with E-state index in [1.165, 1.54) is 50.6 Å². The Bertz CT molecular complexity index is 2010. The van der Waals surface area contributed by atoms with E-state index in [1.807, 2.05) is 44.2 Å². The van der Waals surface area contributed by atoms with Crippen molar-refractivity contribution in [3.63, 3.8) is 0 Å². The normalized spacial score (nSPS) is 10.9. The molecule has 0 aliphatic carbocycles. The second-order valence-corrected chi connectivity index (χ2v) is 13.6. The Hall–Kier alpha value is -6.41. The number of ether oxygens (including phenoxy) is 5. The molecule has 0 spiro atoms. The van der Waals surface area contributed by atoms with Gasteiger partial charge in [-0.1, -0.05) is 44.2 Å². The first kappa shape index (κ1) is 41.3. The van der Waals surface area contributed by atoms with Gasteiger partial charge in [0.2, 0.25) is 0 Å². The number of hydrogen-bond acceptors (Lipinski definition) is 12. The Morgan fingerprint density at radius 3 is 1.78 bits per heavy atom. The predicted octanol–water partition coefficient (Wildman–Crippen LogP) is 6.43. The molecular weight excluding hydrogens is 708 g/mol. The highest BCUT2D eigenvalue weighted by atomic mass is 16.6. The first-order valence-electron chi connectivity index (χ1n) is 17.4. The minimum absolute atomic E-state index is 0.147.